The van der Waals surface area contributed by atoms with E-state index >= 15 is 0 Å². The normalized spacial score (nSPS) is 16.1. The Morgan fingerprint density at radius 2 is 1.68 bits per heavy atom. The van der Waals surface area contributed by atoms with Gasteiger partial charge in [0, 0.05) is 16.5 Å². The average molecular weight is 431 g/mol. The molecule has 1 saturated heterocycles. The standard InChI is InChI=1S/C25H22N2O3S/c1-29-20-13-12-17(14-21(20)30-2)25-27(22(28)15-31-25)24-18-10-6-7-11-19(18)26-23(24)16-8-4-3-5-9-16/h3-14,25-26H,15H2,1-2H3. The van der Waals surface area contributed by atoms with E-state index in [1.807, 2.05) is 59.5 Å². The van der Waals surface area contributed by atoms with Crippen LogP contribution in [0, 0.1) is 0 Å². The van der Waals surface area contributed by atoms with Crippen molar-refractivity contribution in [3.63, 3.8) is 0 Å². The Balaban J connectivity index is 1.69. The highest BCUT2D eigenvalue weighted by Gasteiger charge is 2.37. The van der Waals surface area contributed by atoms with Crippen LogP contribution in [0.1, 0.15) is 10.9 Å². The summed E-state index contributed by atoms with van der Waals surface area (Å²) in [6, 6.07) is 24.1. The summed E-state index contributed by atoms with van der Waals surface area (Å²) in [5.74, 6) is 1.84. The lowest BCUT2D eigenvalue weighted by Crippen LogP contribution is -2.28. The van der Waals surface area contributed by atoms with Gasteiger partial charge < -0.3 is 14.5 Å². The summed E-state index contributed by atoms with van der Waals surface area (Å²) in [7, 11) is 3.25. The number of carbonyl (C=O) groups excluding carboxylic acids is 1. The molecule has 1 atom stereocenters. The van der Waals surface area contributed by atoms with Gasteiger partial charge in [-0.2, -0.15) is 0 Å². The molecule has 5 nitrogen and oxygen atoms in total. The zero-order valence-electron chi connectivity index (χ0n) is 17.3. The van der Waals surface area contributed by atoms with Gasteiger partial charge in [-0.15, -0.1) is 11.8 Å². The number of H-pyrrole nitrogens is 1. The molecule has 3 aromatic carbocycles. The van der Waals surface area contributed by atoms with Crippen molar-refractivity contribution in [3.8, 4) is 22.8 Å². The molecule has 156 valence electrons. The molecule has 4 aromatic rings. The van der Waals surface area contributed by atoms with Crippen LogP contribution in [0.2, 0.25) is 0 Å². The summed E-state index contributed by atoms with van der Waals surface area (Å²) in [6.07, 6.45) is 0. The van der Waals surface area contributed by atoms with E-state index in [0.29, 0.717) is 17.3 Å². The predicted octanol–water partition coefficient (Wildman–Crippen LogP) is 5.63. The van der Waals surface area contributed by atoms with Gasteiger partial charge in [0.25, 0.3) is 0 Å². The van der Waals surface area contributed by atoms with Crippen LogP contribution < -0.4 is 14.4 Å². The second-order valence-corrected chi connectivity index (χ2v) is 8.37. The fourth-order valence-corrected chi connectivity index (χ4v) is 5.26. The van der Waals surface area contributed by atoms with Crippen LogP contribution in [0.15, 0.2) is 72.8 Å². The summed E-state index contributed by atoms with van der Waals surface area (Å²) in [5, 5.41) is 0.872. The van der Waals surface area contributed by atoms with E-state index in [-0.39, 0.29) is 11.3 Å². The Labute approximate surface area is 185 Å². The van der Waals surface area contributed by atoms with Crippen LogP contribution in [0.4, 0.5) is 5.69 Å². The molecule has 1 fully saturated rings. The Hall–Kier alpha value is -3.38. The molecule has 0 radical (unpaired) electrons. The third-order valence-corrected chi connectivity index (χ3v) is 6.75. The average Bonchev–Trinajstić information content (AvgIpc) is 3.39. The molecule has 31 heavy (non-hydrogen) atoms. The molecule has 6 heteroatoms. The van der Waals surface area contributed by atoms with E-state index in [9.17, 15) is 4.79 Å². The zero-order valence-corrected chi connectivity index (χ0v) is 18.1. The summed E-state index contributed by atoms with van der Waals surface area (Å²) in [5.41, 5.74) is 4.91. The second-order valence-electron chi connectivity index (χ2n) is 7.30. The van der Waals surface area contributed by atoms with Gasteiger partial charge in [0.05, 0.1) is 31.4 Å². The molecule has 0 saturated carbocycles. The Bertz CT molecular complexity index is 1250. The molecule has 1 aliphatic heterocycles. The molecule has 0 bridgehead atoms. The first kappa shape index (κ1) is 19.6. The first-order valence-electron chi connectivity index (χ1n) is 10.0. The molecule has 5 rings (SSSR count). The highest BCUT2D eigenvalue weighted by atomic mass is 32.2. The topological polar surface area (TPSA) is 54.6 Å². The summed E-state index contributed by atoms with van der Waals surface area (Å²) >= 11 is 1.62. The molecule has 1 aromatic heterocycles. The lowest BCUT2D eigenvalue weighted by atomic mass is 10.1. The minimum absolute atomic E-state index is 0.0896. The Morgan fingerprint density at radius 1 is 0.935 bits per heavy atom. The van der Waals surface area contributed by atoms with Crippen LogP contribution >= 0.6 is 11.8 Å². The van der Waals surface area contributed by atoms with E-state index in [1.54, 1.807) is 26.0 Å². The number of fused-ring (bicyclic) bond motifs is 1. The predicted molar refractivity (Wildman–Crippen MR) is 126 cm³/mol. The van der Waals surface area contributed by atoms with E-state index in [0.717, 1.165) is 33.4 Å². The van der Waals surface area contributed by atoms with Crippen LogP contribution in [0.3, 0.4) is 0 Å². The molecular weight excluding hydrogens is 408 g/mol. The van der Waals surface area contributed by atoms with Gasteiger partial charge in [-0.1, -0.05) is 54.6 Å². The maximum atomic E-state index is 13.2. The second kappa shape index (κ2) is 8.04. The summed E-state index contributed by atoms with van der Waals surface area (Å²) in [6.45, 7) is 0. The van der Waals surface area contributed by atoms with E-state index in [4.69, 9.17) is 9.47 Å². The molecule has 0 aliphatic carbocycles. The minimum Gasteiger partial charge on any atom is -0.493 e. The highest BCUT2D eigenvalue weighted by molar-refractivity contribution is 8.00. The number of hydrogen-bond donors (Lipinski definition) is 1. The van der Waals surface area contributed by atoms with E-state index in [1.165, 1.54) is 0 Å². The van der Waals surface area contributed by atoms with Crippen LogP contribution in [0.25, 0.3) is 22.2 Å². The number of anilines is 1. The third-order valence-electron chi connectivity index (χ3n) is 5.54. The molecule has 2 heterocycles. The number of ether oxygens (including phenoxy) is 2. The zero-order chi connectivity index (χ0) is 21.4. The number of methoxy groups -OCH3 is 2. The maximum absolute atomic E-state index is 13.2. The smallest absolute Gasteiger partial charge is 0.238 e. The lowest BCUT2D eigenvalue weighted by Gasteiger charge is -2.26. The number of aromatic amines is 1. The van der Waals surface area contributed by atoms with Gasteiger partial charge in [0.15, 0.2) is 11.5 Å². The van der Waals surface area contributed by atoms with Crippen LogP contribution in [-0.4, -0.2) is 30.9 Å². The molecule has 1 N–H and O–H groups in total. The summed E-state index contributed by atoms with van der Waals surface area (Å²) in [4.78, 5) is 18.7. The fraction of sp³-hybridized carbons (Fsp3) is 0.160. The fourth-order valence-electron chi connectivity index (χ4n) is 4.11. The number of rotatable bonds is 5. The van der Waals surface area contributed by atoms with Gasteiger partial charge in [0.1, 0.15) is 5.37 Å². The van der Waals surface area contributed by atoms with Gasteiger partial charge in [-0.25, -0.2) is 0 Å². The maximum Gasteiger partial charge on any atom is 0.238 e. The highest BCUT2D eigenvalue weighted by Crippen LogP contribution is 2.48. The molecule has 1 amide bonds. The molecular formula is C25H22N2O3S. The lowest BCUT2D eigenvalue weighted by molar-refractivity contribution is -0.115. The van der Waals surface area contributed by atoms with Crippen molar-refractivity contribution in [1.29, 1.82) is 0 Å². The van der Waals surface area contributed by atoms with Crippen molar-refractivity contribution in [1.82, 2.24) is 4.98 Å². The van der Waals surface area contributed by atoms with Gasteiger partial charge in [-0.05, 0) is 23.8 Å². The number of nitrogens with zero attached hydrogens (tertiary/aromatic N) is 1. The van der Waals surface area contributed by atoms with E-state index < -0.39 is 0 Å². The Morgan fingerprint density at radius 3 is 2.45 bits per heavy atom. The third kappa shape index (κ3) is 3.33. The number of thioether (sulfide) groups is 1. The van der Waals surface area contributed by atoms with Crippen molar-refractivity contribution in [2.24, 2.45) is 0 Å². The van der Waals surface area contributed by atoms with Crippen molar-refractivity contribution in [3.05, 3.63) is 78.4 Å². The van der Waals surface area contributed by atoms with Crippen molar-refractivity contribution < 1.29 is 14.3 Å². The van der Waals surface area contributed by atoms with Gasteiger partial charge >= 0.3 is 0 Å². The number of carbonyl (C=O) groups is 1. The number of hydrogen-bond acceptors (Lipinski definition) is 4. The van der Waals surface area contributed by atoms with Gasteiger partial charge in [0.2, 0.25) is 5.91 Å². The Kier molecular flexibility index (Phi) is 5.08. The van der Waals surface area contributed by atoms with Gasteiger partial charge in [-0.3, -0.25) is 9.69 Å². The monoisotopic (exact) mass is 430 g/mol. The van der Waals surface area contributed by atoms with Crippen LogP contribution in [0.5, 0.6) is 11.5 Å². The molecule has 1 aliphatic rings. The molecule has 1 unspecified atom stereocenters. The largest absolute Gasteiger partial charge is 0.493 e. The summed E-state index contributed by atoms with van der Waals surface area (Å²) < 4.78 is 10.9. The van der Waals surface area contributed by atoms with Crippen LogP contribution in [-0.2, 0) is 4.79 Å². The quantitative estimate of drug-likeness (QED) is 0.446. The SMILES string of the molecule is COc1ccc(C2SCC(=O)N2c2c(-c3ccccc3)[nH]c3ccccc23)cc1OC. The number of aromatic nitrogens is 1. The number of amides is 1. The first-order chi connectivity index (χ1) is 15.2. The number of nitrogens with one attached hydrogen (secondary N) is 1. The first-order valence-corrected chi connectivity index (χ1v) is 11.1. The van der Waals surface area contributed by atoms with E-state index in [2.05, 4.69) is 23.2 Å². The number of para-hydroxylation sites is 1. The van der Waals surface area contributed by atoms with Crippen molar-refractivity contribution in [2.75, 3.05) is 24.9 Å². The molecule has 0 spiro atoms. The van der Waals surface area contributed by atoms with Crippen molar-refractivity contribution >= 4 is 34.3 Å². The van der Waals surface area contributed by atoms with Crippen molar-refractivity contribution in [2.45, 2.75) is 5.37 Å². The number of benzene rings is 3. The minimum atomic E-state index is -0.158.